The molecular weight excluding hydrogens is 202 g/mol. The Kier molecular flexibility index (Phi) is 2.70. The summed E-state index contributed by atoms with van der Waals surface area (Å²) in [5, 5.41) is 10.3. The van der Waals surface area contributed by atoms with E-state index in [1.165, 1.54) is 0 Å². The SMILES string of the molecule is N#CN=C(N)Oc1cccc2ccccc12. The van der Waals surface area contributed by atoms with E-state index in [1.54, 1.807) is 12.3 Å². The molecule has 0 fully saturated rings. The van der Waals surface area contributed by atoms with Gasteiger partial charge in [-0.2, -0.15) is 5.26 Å². The lowest BCUT2D eigenvalue weighted by Gasteiger charge is -2.06. The van der Waals surface area contributed by atoms with E-state index in [0.29, 0.717) is 5.75 Å². The molecule has 4 nitrogen and oxygen atoms in total. The highest BCUT2D eigenvalue weighted by molar-refractivity contribution is 5.90. The Morgan fingerprint density at radius 3 is 2.75 bits per heavy atom. The summed E-state index contributed by atoms with van der Waals surface area (Å²) in [5.41, 5.74) is 5.41. The molecule has 0 aromatic heterocycles. The molecule has 0 saturated heterocycles. The van der Waals surface area contributed by atoms with E-state index in [1.807, 2.05) is 36.4 Å². The monoisotopic (exact) mass is 211 g/mol. The van der Waals surface area contributed by atoms with E-state index >= 15 is 0 Å². The summed E-state index contributed by atoms with van der Waals surface area (Å²) in [6, 6.07) is 13.2. The van der Waals surface area contributed by atoms with Crippen molar-refractivity contribution in [3.63, 3.8) is 0 Å². The summed E-state index contributed by atoms with van der Waals surface area (Å²) in [5.74, 6) is 0.592. The number of ether oxygens (including phenoxy) is 1. The maximum atomic E-state index is 8.33. The summed E-state index contributed by atoms with van der Waals surface area (Å²) >= 11 is 0. The topological polar surface area (TPSA) is 71.4 Å². The largest absolute Gasteiger partial charge is 0.425 e. The molecule has 2 rings (SSSR count). The summed E-state index contributed by atoms with van der Waals surface area (Å²) in [6.45, 7) is 0. The minimum absolute atomic E-state index is 0.154. The maximum absolute atomic E-state index is 8.33. The molecule has 0 radical (unpaired) electrons. The smallest absolute Gasteiger partial charge is 0.302 e. The Morgan fingerprint density at radius 1 is 1.19 bits per heavy atom. The normalized spacial score (nSPS) is 11.1. The van der Waals surface area contributed by atoms with E-state index in [-0.39, 0.29) is 6.02 Å². The molecule has 0 unspecified atom stereocenters. The van der Waals surface area contributed by atoms with Gasteiger partial charge in [0, 0.05) is 5.39 Å². The highest BCUT2D eigenvalue weighted by Crippen LogP contribution is 2.24. The van der Waals surface area contributed by atoms with Crippen molar-refractivity contribution >= 4 is 16.8 Å². The van der Waals surface area contributed by atoms with Crippen LogP contribution in [0.2, 0.25) is 0 Å². The Hall–Kier alpha value is -2.54. The van der Waals surface area contributed by atoms with Crippen molar-refractivity contribution in [3.8, 4) is 11.9 Å². The molecular formula is C12H9N3O. The summed E-state index contributed by atoms with van der Waals surface area (Å²) in [6.07, 6.45) is 1.57. The van der Waals surface area contributed by atoms with Crippen LogP contribution in [0.3, 0.4) is 0 Å². The number of nitrogens with two attached hydrogens (primary N) is 1. The molecule has 2 aromatic carbocycles. The number of benzene rings is 2. The fraction of sp³-hybridized carbons (Fsp3) is 0. The van der Waals surface area contributed by atoms with Crippen LogP contribution in [-0.4, -0.2) is 6.02 Å². The molecule has 0 atom stereocenters. The Labute approximate surface area is 92.6 Å². The van der Waals surface area contributed by atoms with E-state index < -0.39 is 0 Å². The van der Waals surface area contributed by atoms with Crippen LogP contribution in [0.25, 0.3) is 10.8 Å². The van der Waals surface area contributed by atoms with Crippen molar-refractivity contribution in [2.45, 2.75) is 0 Å². The van der Waals surface area contributed by atoms with Gasteiger partial charge in [0.25, 0.3) is 0 Å². The lowest BCUT2D eigenvalue weighted by Crippen LogP contribution is -2.19. The standard InChI is InChI=1S/C12H9N3O/c13-8-15-12(14)16-11-7-3-5-9-4-1-2-6-10(9)11/h1-7H,(H2,14,15). The lowest BCUT2D eigenvalue weighted by molar-refractivity contribution is 0.549. The predicted molar refractivity (Wildman–Crippen MR) is 61.8 cm³/mol. The minimum atomic E-state index is -0.154. The molecule has 4 heteroatoms. The van der Waals surface area contributed by atoms with Gasteiger partial charge in [-0.1, -0.05) is 36.4 Å². The van der Waals surface area contributed by atoms with Gasteiger partial charge < -0.3 is 10.5 Å². The third-order valence-corrected chi connectivity index (χ3v) is 2.12. The Balaban J connectivity index is 2.46. The highest BCUT2D eigenvalue weighted by atomic mass is 16.5. The predicted octanol–water partition coefficient (Wildman–Crippen LogP) is 2.01. The number of nitriles is 1. The van der Waals surface area contributed by atoms with Gasteiger partial charge in [0.05, 0.1) is 0 Å². The molecule has 0 aliphatic rings. The van der Waals surface area contributed by atoms with Crippen LogP contribution >= 0.6 is 0 Å². The zero-order valence-corrected chi connectivity index (χ0v) is 8.42. The number of aliphatic imine (C=N–C) groups is 1. The number of fused-ring (bicyclic) bond motifs is 1. The minimum Gasteiger partial charge on any atom is -0.425 e. The Morgan fingerprint density at radius 2 is 1.94 bits per heavy atom. The van der Waals surface area contributed by atoms with Crippen molar-refractivity contribution in [2.75, 3.05) is 0 Å². The summed E-state index contributed by atoms with van der Waals surface area (Å²) in [4.78, 5) is 3.30. The molecule has 0 bridgehead atoms. The molecule has 16 heavy (non-hydrogen) atoms. The first kappa shape index (κ1) is 9.99. The van der Waals surface area contributed by atoms with Gasteiger partial charge in [0.2, 0.25) is 6.19 Å². The summed E-state index contributed by atoms with van der Waals surface area (Å²) < 4.78 is 5.27. The second-order valence-electron chi connectivity index (χ2n) is 3.13. The first-order valence-corrected chi connectivity index (χ1v) is 4.69. The van der Waals surface area contributed by atoms with Crippen molar-refractivity contribution < 1.29 is 4.74 Å². The third-order valence-electron chi connectivity index (χ3n) is 2.12. The number of rotatable bonds is 1. The fourth-order valence-corrected chi connectivity index (χ4v) is 1.47. The van der Waals surface area contributed by atoms with Crippen molar-refractivity contribution in [3.05, 3.63) is 42.5 Å². The average Bonchev–Trinajstić information content (AvgIpc) is 2.30. The highest BCUT2D eigenvalue weighted by Gasteiger charge is 2.02. The van der Waals surface area contributed by atoms with Crippen molar-refractivity contribution in [1.29, 1.82) is 5.26 Å². The third kappa shape index (κ3) is 1.93. The molecule has 0 amide bonds. The second-order valence-corrected chi connectivity index (χ2v) is 3.13. The van der Waals surface area contributed by atoms with E-state index in [9.17, 15) is 0 Å². The zero-order chi connectivity index (χ0) is 11.4. The van der Waals surface area contributed by atoms with Crippen LogP contribution in [-0.2, 0) is 0 Å². The van der Waals surface area contributed by atoms with E-state index in [2.05, 4.69) is 4.99 Å². The van der Waals surface area contributed by atoms with Gasteiger partial charge in [-0.3, -0.25) is 0 Å². The number of hydrogen-bond acceptors (Lipinski definition) is 3. The molecule has 2 aromatic rings. The maximum Gasteiger partial charge on any atom is 0.302 e. The quantitative estimate of drug-likeness (QED) is 0.445. The van der Waals surface area contributed by atoms with Crippen LogP contribution in [0.1, 0.15) is 0 Å². The van der Waals surface area contributed by atoms with Crippen LogP contribution in [0.5, 0.6) is 5.75 Å². The molecule has 0 heterocycles. The van der Waals surface area contributed by atoms with Gasteiger partial charge >= 0.3 is 6.02 Å². The Bertz CT molecular complexity index is 579. The van der Waals surface area contributed by atoms with Gasteiger partial charge in [0.15, 0.2) is 0 Å². The number of nitrogens with zero attached hydrogens (tertiary/aromatic N) is 2. The molecule has 0 aliphatic carbocycles. The second kappa shape index (κ2) is 4.32. The van der Waals surface area contributed by atoms with Crippen LogP contribution in [0, 0.1) is 11.5 Å². The molecule has 2 N–H and O–H groups in total. The molecule has 0 aliphatic heterocycles. The molecule has 0 spiro atoms. The van der Waals surface area contributed by atoms with Crippen LogP contribution in [0.4, 0.5) is 0 Å². The van der Waals surface area contributed by atoms with Crippen LogP contribution < -0.4 is 10.5 Å². The number of amidine groups is 1. The zero-order valence-electron chi connectivity index (χ0n) is 8.42. The fourth-order valence-electron chi connectivity index (χ4n) is 1.47. The average molecular weight is 211 g/mol. The molecule has 78 valence electrons. The van der Waals surface area contributed by atoms with Gasteiger partial charge in [0.1, 0.15) is 5.75 Å². The van der Waals surface area contributed by atoms with Gasteiger partial charge in [-0.25, -0.2) is 0 Å². The van der Waals surface area contributed by atoms with Crippen LogP contribution in [0.15, 0.2) is 47.5 Å². The van der Waals surface area contributed by atoms with Gasteiger partial charge in [-0.15, -0.1) is 4.99 Å². The first-order valence-electron chi connectivity index (χ1n) is 4.69. The molecule has 0 saturated carbocycles. The van der Waals surface area contributed by atoms with Crippen molar-refractivity contribution in [1.82, 2.24) is 0 Å². The summed E-state index contributed by atoms with van der Waals surface area (Å²) in [7, 11) is 0. The number of hydrogen-bond donors (Lipinski definition) is 1. The van der Waals surface area contributed by atoms with E-state index in [4.69, 9.17) is 15.7 Å². The first-order chi connectivity index (χ1) is 7.81. The van der Waals surface area contributed by atoms with Crippen molar-refractivity contribution in [2.24, 2.45) is 10.7 Å². The lowest BCUT2D eigenvalue weighted by atomic mass is 10.1. The van der Waals surface area contributed by atoms with Gasteiger partial charge in [-0.05, 0) is 11.5 Å². The van der Waals surface area contributed by atoms with E-state index in [0.717, 1.165) is 10.8 Å².